The summed E-state index contributed by atoms with van der Waals surface area (Å²) in [6, 6.07) is 9.09. The van der Waals surface area contributed by atoms with Gasteiger partial charge in [0.1, 0.15) is 18.2 Å². The Hall–Kier alpha value is -3.35. The van der Waals surface area contributed by atoms with Gasteiger partial charge in [-0.15, -0.1) is 0 Å². The van der Waals surface area contributed by atoms with E-state index < -0.39 is 28.9 Å². The molecule has 1 aliphatic heterocycles. The van der Waals surface area contributed by atoms with Crippen molar-refractivity contribution < 1.29 is 18.3 Å². The van der Waals surface area contributed by atoms with Crippen LogP contribution in [-0.4, -0.2) is 22.3 Å². The van der Waals surface area contributed by atoms with Crippen molar-refractivity contribution in [2.75, 3.05) is 11.9 Å². The Labute approximate surface area is 154 Å². The lowest BCUT2D eigenvalue weighted by Crippen LogP contribution is -2.18. The fourth-order valence-corrected chi connectivity index (χ4v) is 3.07. The molecule has 0 spiro atoms. The fraction of sp³-hybridized carbons (Fsp3) is 0.150. The highest BCUT2D eigenvalue weighted by atomic mass is 19.1. The average Bonchev–Trinajstić information content (AvgIpc) is 3.12. The standard InChI is InChI=1S/C20H15F2N3O2/c21-15-3-4-16(27-11-12-5-8-23-9-6-12)18(22)17(15)19(26)14-10-25-20-13(14)2-1-7-24-20/h1-9,14H,10-11H2,(H,24,25). The zero-order chi connectivity index (χ0) is 18.8. The van der Waals surface area contributed by atoms with Crippen LogP contribution in [0.4, 0.5) is 14.6 Å². The molecule has 2 aromatic heterocycles. The molecule has 1 atom stereocenters. The van der Waals surface area contributed by atoms with Crippen molar-refractivity contribution >= 4 is 11.6 Å². The van der Waals surface area contributed by atoms with E-state index in [1.165, 1.54) is 6.07 Å². The van der Waals surface area contributed by atoms with Crippen LogP contribution < -0.4 is 10.1 Å². The van der Waals surface area contributed by atoms with Crippen molar-refractivity contribution in [1.29, 1.82) is 0 Å². The van der Waals surface area contributed by atoms with Gasteiger partial charge in [0.25, 0.3) is 0 Å². The number of aromatic nitrogens is 2. The summed E-state index contributed by atoms with van der Waals surface area (Å²) in [6.07, 6.45) is 4.77. The quantitative estimate of drug-likeness (QED) is 0.696. The molecule has 1 aromatic carbocycles. The summed E-state index contributed by atoms with van der Waals surface area (Å²) in [5, 5.41) is 2.99. The second-order valence-electron chi connectivity index (χ2n) is 6.12. The number of ketones is 1. The predicted molar refractivity (Wildman–Crippen MR) is 94.7 cm³/mol. The molecule has 0 saturated carbocycles. The first-order valence-electron chi connectivity index (χ1n) is 8.38. The Morgan fingerprint density at radius 1 is 1.15 bits per heavy atom. The lowest BCUT2D eigenvalue weighted by molar-refractivity contribution is 0.0957. The summed E-state index contributed by atoms with van der Waals surface area (Å²) in [5.74, 6) is -2.86. The molecule has 1 aliphatic rings. The van der Waals surface area contributed by atoms with Gasteiger partial charge in [-0.1, -0.05) is 6.07 Å². The van der Waals surface area contributed by atoms with E-state index >= 15 is 0 Å². The van der Waals surface area contributed by atoms with E-state index in [2.05, 4.69) is 15.3 Å². The molecule has 3 aromatic rings. The van der Waals surface area contributed by atoms with Crippen LogP contribution in [0.15, 0.2) is 55.0 Å². The van der Waals surface area contributed by atoms with Gasteiger partial charge in [-0.3, -0.25) is 9.78 Å². The Balaban J connectivity index is 1.62. The normalized spacial score (nSPS) is 15.1. The summed E-state index contributed by atoms with van der Waals surface area (Å²) in [4.78, 5) is 20.9. The molecule has 5 nitrogen and oxygen atoms in total. The van der Waals surface area contributed by atoms with E-state index in [1.807, 2.05) is 0 Å². The highest BCUT2D eigenvalue weighted by molar-refractivity contribution is 6.03. The maximum atomic E-state index is 14.9. The molecular formula is C20H15F2N3O2. The van der Waals surface area contributed by atoms with Crippen LogP contribution in [0, 0.1) is 11.6 Å². The number of Topliss-reactive ketones (excluding diaryl/α,β-unsaturated/α-hetero) is 1. The van der Waals surface area contributed by atoms with Gasteiger partial charge in [0, 0.05) is 30.7 Å². The van der Waals surface area contributed by atoms with Crippen LogP contribution in [0.25, 0.3) is 0 Å². The van der Waals surface area contributed by atoms with E-state index in [0.29, 0.717) is 11.4 Å². The van der Waals surface area contributed by atoms with Crippen molar-refractivity contribution in [3.63, 3.8) is 0 Å². The van der Waals surface area contributed by atoms with Gasteiger partial charge in [0.2, 0.25) is 0 Å². The number of nitrogens with one attached hydrogen (secondary N) is 1. The SMILES string of the molecule is O=C(c1c(F)ccc(OCc2ccncc2)c1F)C1CNc2ncccc21. The Bertz CT molecular complexity index is 996. The Kier molecular flexibility index (Phi) is 4.50. The predicted octanol–water partition coefficient (Wildman–Crippen LogP) is 3.73. The summed E-state index contributed by atoms with van der Waals surface area (Å²) in [7, 11) is 0. The molecule has 136 valence electrons. The highest BCUT2D eigenvalue weighted by Gasteiger charge is 2.34. The third-order valence-corrected chi connectivity index (χ3v) is 4.45. The maximum Gasteiger partial charge on any atom is 0.178 e. The molecular weight excluding hydrogens is 352 g/mol. The maximum absolute atomic E-state index is 14.9. The van der Waals surface area contributed by atoms with Gasteiger partial charge in [0.05, 0.1) is 11.5 Å². The second kappa shape index (κ2) is 7.11. The van der Waals surface area contributed by atoms with Crippen molar-refractivity contribution in [2.24, 2.45) is 0 Å². The first kappa shape index (κ1) is 17.1. The summed E-state index contributed by atoms with van der Waals surface area (Å²) >= 11 is 0. The average molecular weight is 367 g/mol. The minimum atomic E-state index is -0.994. The number of halogens is 2. The summed E-state index contributed by atoms with van der Waals surface area (Å²) < 4.78 is 34.6. The number of carbonyl (C=O) groups is 1. The molecule has 0 amide bonds. The topological polar surface area (TPSA) is 64.1 Å². The molecule has 3 heterocycles. The monoisotopic (exact) mass is 367 g/mol. The molecule has 0 radical (unpaired) electrons. The van der Waals surface area contributed by atoms with E-state index in [-0.39, 0.29) is 18.9 Å². The summed E-state index contributed by atoms with van der Waals surface area (Å²) in [5.41, 5.74) is 0.816. The summed E-state index contributed by atoms with van der Waals surface area (Å²) in [6.45, 7) is 0.322. The minimum absolute atomic E-state index is 0.0798. The first-order valence-corrected chi connectivity index (χ1v) is 8.38. The highest BCUT2D eigenvalue weighted by Crippen LogP contribution is 2.34. The number of rotatable bonds is 5. The molecule has 1 unspecified atom stereocenters. The smallest absolute Gasteiger partial charge is 0.178 e. The zero-order valence-corrected chi connectivity index (χ0v) is 14.2. The number of carbonyl (C=O) groups excluding carboxylic acids is 1. The lowest BCUT2D eigenvalue weighted by Gasteiger charge is -2.13. The van der Waals surface area contributed by atoms with Gasteiger partial charge in [-0.05, 0) is 35.9 Å². The molecule has 0 aliphatic carbocycles. The van der Waals surface area contributed by atoms with E-state index in [9.17, 15) is 13.6 Å². The van der Waals surface area contributed by atoms with Crippen LogP contribution in [0.5, 0.6) is 5.75 Å². The van der Waals surface area contributed by atoms with Crippen molar-refractivity contribution in [3.05, 3.63) is 83.3 Å². The molecule has 0 saturated heterocycles. The number of anilines is 1. The van der Waals surface area contributed by atoms with Crippen molar-refractivity contribution in [1.82, 2.24) is 9.97 Å². The van der Waals surface area contributed by atoms with Gasteiger partial charge < -0.3 is 10.1 Å². The van der Waals surface area contributed by atoms with Crippen LogP contribution in [0.3, 0.4) is 0 Å². The third-order valence-electron chi connectivity index (χ3n) is 4.45. The van der Waals surface area contributed by atoms with Gasteiger partial charge >= 0.3 is 0 Å². The molecule has 0 bridgehead atoms. The van der Waals surface area contributed by atoms with E-state index in [4.69, 9.17) is 4.74 Å². The van der Waals surface area contributed by atoms with Crippen LogP contribution in [0.1, 0.15) is 27.4 Å². The number of hydrogen-bond acceptors (Lipinski definition) is 5. The lowest BCUT2D eigenvalue weighted by atomic mass is 9.92. The minimum Gasteiger partial charge on any atom is -0.486 e. The molecule has 1 N–H and O–H groups in total. The molecule has 4 rings (SSSR count). The number of pyridine rings is 2. The second-order valence-corrected chi connectivity index (χ2v) is 6.12. The van der Waals surface area contributed by atoms with Crippen molar-refractivity contribution in [2.45, 2.75) is 12.5 Å². The van der Waals surface area contributed by atoms with Crippen LogP contribution in [-0.2, 0) is 6.61 Å². The fourth-order valence-electron chi connectivity index (χ4n) is 3.07. The van der Waals surface area contributed by atoms with Crippen molar-refractivity contribution in [3.8, 4) is 5.75 Å². The van der Waals surface area contributed by atoms with Crippen LogP contribution >= 0.6 is 0 Å². The molecule has 7 heteroatoms. The number of hydrogen-bond donors (Lipinski definition) is 1. The first-order chi connectivity index (χ1) is 13.1. The molecule has 27 heavy (non-hydrogen) atoms. The number of fused-ring (bicyclic) bond motifs is 1. The molecule has 0 fully saturated rings. The van der Waals surface area contributed by atoms with E-state index in [0.717, 1.165) is 11.6 Å². The van der Waals surface area contributed by atoms with Gasteiger partial charge in [-0.2, -0.15) is 0 Å². The van der Waals surface area contributed by atoms with E-state index in [1.54, 1.807) is 42.9 Å². The van der Waals surface area contributed by atoms with Gasteiger partial charge in [0.15, 0.2) is 17.3 Å². The third kappa shape index (κ3) is 3.23. The Morgan fingerprint density at radius 3 is 2.78 bits per heavy atom. The largest absolute Gasteiger partial charge is 0.486 e. The number of benzene rings is 1. The number of nitrogens with zero attached hydrogens (tertiary/aromatic N) is 2. The van der Waals surface area contributed by atoms with Crippen LogP contribution in [0.2, 0.25) is 0 Å². The number of ether oxygens (including phenoxy) is 1. The Morgan fingerprint density at radius 2 is 1.96 bits per heavy atom. The van der Waals surface area contributed by atoms with Gasteiger partial charge in [-0.25, -0.2) is 13.8 Å². The zero-order valence-electron chi connectivity index (χ0n) is 14.2.